The van der Waals surface area contributed by atoms with Crippen LogP contribution in [0.2, 0.25) is 0 Å². The van der Waals surface area contributed by atoms with Crippen LogP contribution in [-0.4, -0.2) is 39.6 Å². The largest absolute Gasteiger partial charge is 0.491 e. The first-order valence-corrected chi connectivity index (χ1v) is 12.8. The molecule has 0 aliphatic rings. The fraction of sp³-hybridized carbons (Fsp3) is 0.542. The molecule has 1 aromatic heterocycles. The highest BCUT2D eigenvalue weighted by Crippen LogP contribution is 2.43. The van der Waals surface area contributed by atoms with Gasteiger partial charge >= 0.3 is 5.97 Å². The topological polar surface area (TPSA) is 95.9 Å². The molecule has 2 atom stereocenters. The van der Waals surface area contributed by atoms with Gasteiger partial charge in [-0.05, 0) is 54.5 Å². The Bertz CT molecular complexity index is 944. The van der Waals surface area contributed by atoms with Gasteiger partial charge in [0.05, 0.1) is 6.10 Å². The molecule has 178 valence electrons. The lowest BCUT2D eigenvalue weighted by Crippen LogP contribution is -2.32. The van der Waals surface area contributed by atoms with Crippen molar-refractivity contribution in [2.75, 3.05) is 13.2 Å². The number of hydrogen-bond donors (Lipinski definition) is 3. The molecule has 0 spiro atoms. The molecule has 0 aliphatic heterocycles. The summed E-state index contributed by atoms with van der Waals surface area (Å²) >= 11 is 1.45. The van der Waals surface area contributed by atoms with Crippen molar-refractivity contribution < 1.29 is 24.0 Å². The van der Waals surface area contributed by atoms with E-state index in [0.29, 0.717) is 4.21 Å². The van der Waals surface area contributed by atoms with Crippen LogP contribution in [-0.2, 0) is 21.2 Å². The van der Waals surface area contributed by atoms with Gasteiger partial charge < -0.3 is 14.9 Å². The summed E-state index contributed by atoms with van der Waals surface area (Å²) in [6.45, 7) is 12.1. The molecular weight excluding hydrogens is 446 g/mol. The lowest BCUT2D eigenvalue weighted by Gasteiger charge is -2.32. The van der Waals surface area contributed by atoms with Gasteiger partial charge in [0.15, 0.2) is 0 Å². The molecule has 0 aliphatic carbocycles. The lowest BCUT2D eigenvalue weighted by molar-refractivity contribution is -0.135. The van der Waals surface area contributed by atoms with Gasteiger partial charge in [-0.15, -0.1) is 11.3 Å². The number of aryl methyl sites for hydroxylation is 1. The molecule has 8 heteroatoms. The molecule has 1 aromatic carbocycles. The number of benzene rings is 1. The van der Waals surface area contributed by atoms with Gasteiger partial charge in [0.25, 0.3) is 0 Å². The SMILES string of the molecule is CCC(CC)(c1ccc(OCC(O)C(C)(C)C)c(C)c1)c1ccc(S(=O)NCC(=O)O)s1. The fourth-order valence-corrected chi connectivity index (χ4v) is 5.98. The zero-order valence-corrected chi connectivity index (χ0v) is 21.4. The summed E-state index contributed by atoms with van der Waals surface area (Å²) in [5.74, 6) is -0.289. The number of rotatable bonds is 11. The zero-order chi connectivity index (χ0) is 24.1. The van der Waals surface area contributed by atoms with Crippen molar-refractivity contribution in [3.05, 3.63) is 46.3 Å². The molecular formula is C24H35NO5S2. The maximum absolute atomic E-state index is 12.4. The number of carbonyl (C=O) groups is 1. The third-order valence-electron chi connectivity index (χ3n) is 5.92. The minimum absolute atomic E-state index is 0.236. The van der Waals surface area contributed by atoms with Crippen molar-refractivity contribution >= 4 is 28.3 Å². The molecule has 0 bridgehead atoms. The molecule has 32 heavy (non-hydrogen) atoms. The van der Waals surface area contributed by atoms with Crippen LogP contribution in [0.25, 0.3) is 0 Å². The van der Waals surface area contributed by atoms with Gasteiger partial charge in [0.1, 0.15) is 34.1 Å². The second kappa shape index (κ2) is 10.9. The number of aliphatic hydroxyl groups excluding tert-OH is 1. The van der Waals surface area contributed by atoms with Crippen molar-refractivity contribution in [3.63, 3.8) is 0 Å². The summed E-state index contributed by atoms with van der Waals surface area (Å²) in [7, 11) is -1.56. The first-order chi connectivity index (χ1) is 14.9. The molecule has 2 unspecified atom stereocenters. The van der Waals surface area contributed by atoms with E-state index in [9.17, 15) is 14.1 Å². The Morgan fingerprint density at radius 1 is 1.19 bits per heavy atom. The maximum atomic E-state index is 12.4. The molecule has 1 heterocycles. The molecule has 0 saturated carbocycles. The predicted octanol–water partition coefficient (Wildman–Crippen LogP) is 4.65. The minimum atomic E-state index is -1.56. The molecule has 0 saturated heterocycles. The Balaban J connectivity index is 2.29. The number of carboxylic acid groups (broad SMARTS) is 1. The Kier molecular flexibility index (Phi) is 9.05. The van der Waals surface area contributed by atoms with Crippen LogP contribution in [0.1, 0.15) is 63.5 Å². The van der Waals surface area contributed by atoms with E-state index in [-0.39, 0.29) is 24.0 Å². The Labute approximate surface area is 197 Å². The summed E-state index contributed by atoms with van der Waals surface area (Å²) in [6, 6.07) is 9.96. The van der Waals surface area contributed by atoms with E-state index in [2.05, 4.69) is 30.7 Å². The van der Waals surface area contributed by atoms with E-state index >= 15 is 0 Å². The summed E-state index contributed by atoms with van der Waals surface area (Å²) < 4.78 is 21.5. The van der Waals surface area contributed by atoms with Crippen LogP contribution in [0.3, 0.4) is 0 Å². The van der Waals surface area contributed by atoms with Gasteiger partial charge in [-0.1, -0.05) is 46.8 Å². The van der Waals surface area contributed by atoms with E-state index in [1.165, 1.54) is 11.3 Å². The van der Waals surface area contributed by atoms with Crippen LogP contribution in [0.4, 0.5) is 0 Å². The van der Waals surface area contributed by atoms with Crippen LogP contribution in [0.15, 0.2) is 34.5 Å². The van der Waals surface area contributed by atoms with Crippen molar-refractivity contribution in [2.24, 2.45) is 5.41 Å². The van der Waals surface area contributed by atoms with E-state index < -0.39 is 23.1 Å². The van der Waals surface area contributed by atoms with Gasteiger partial charge in [-0.2, -0.15) is 0 Å². The number of aliphatic hydroxyl groups is 1. The number of hydrogen-bond acceptors (Lipinski definition) is 5. The molecule has 2 aromatic rings. The molecule has 3 N–H and O–H groups in total. The average molecular weight is 482 g/mol. The van der Waals surface area contributed by atoms with Crippen LogP contribution >= 0.6 is 11.3 Å². The maximum Gasteiger partial charge on any atom is 0.318 e. The molecule has 0 radical (unpaired) electrons. The predicted molar refractivity (Wildman–Crippen MR) is 130 cm³/mol. The van der Waals surface area contributed by atoms with Crippen LogP contribution in [0.5, 0.6) is 5.75 Å². The third-order valence-corrected chi connectivity index (χ3v) is 8.62. The summed E-state index contributed by atoms with van der Waals surface area (Å²) in [4.78, 5) is 11.8. The number of nitrogens with one attached hydrogen (secondary N) is 1. The average Bonchev–Trinajstić information content (AvgIpc) is 3.22. The highest BCUT2D eigenvalue weighted by atomic mass is 32.2. The number of ether oxygens (including phenoxy) is 1. The van der Waals surface area contributed by atoms with E-state index in [1.807, 2.05) is 45.9 Å². The van der Waals surface area contributed by atoms with Crippen LogP contribution < -0.4 is 9.46 Å². The Hall–Kier alpha value is -1.74. The van der Waals surface area contributed by atoms with Crippen molar-refractivity contribution in [3.8, 4) is 5.75 Å². The first kappa shape index (κ1) is 26.5. The second-order valence-corrected chi connectivity index (χ2v) is 11.7. The molecule has 0 amide bonds. The van der Waals surface area contributed by atoms with Crippen molar-refractivity contribution in [2.45, 2.75) is 70.1 Å². The van der Waals surface area contributed by atoms with Crippen molar-refractivity contribution in [1.82, 2.24) is 4.72 Å². The van der Waals surface area contributed by atoms with Gasteiger partial charge in [0, 0.05) is 10.3 Å². The van der Waals surface area contributed by atoms with Crippen molar-refractivity contribution in [1.29, 1.82) is 0 Å². The normalized spacial score (nSPS) is 14.2. The number of thiophene rings is 1. The Morgan fingerprint density at radius 3 is 2.38 bits per heavy atom. The van der Waals surface area contributed by atoms with E-state index in [1.54, 1.807) is 0 Å². The van der Waals surface area contributed by atoms with Gasteiger partial charge in [0.2, 0.25) is 0 Å². The number of carboxylic acids is 1. The summed E-state index contributed by atoms with van der Waals surface area (Å²) in [5.41, 5.74) is 1.66. The Morgan fingerprint density at radius 2 is 1.84 bits per heavy atom. The summed E-state index contributed by atoms with van der Waals surface area (Å²) in [5, 5.41) is 19.1. The van der Waals surface area contributed by atoms with Crippen LogP contribution in [0, 0.1) is 12.3 Å². The number of aliphatic carboxylic acids is 1. The molecule has 0 fully saturated rings. The third kappa shape index (κ3) is 6.19. The van der Waals surface area contributed by atoms with E-state index in [4.69, 9.17) is 9.84 Å². The van der Waals surface area contributed by atoms with Gasteiger partial charge in [-0.25, -0.2) is 8.93 Å². The molecule has 2 rings (SSSR count). The summed E-state index contributed by atoms with van der Waals surface area (Å²) in [6.07, 6.45) is 1.16. The first-order valence-electron chi connectivity index (χ1n) is 10.8. The quantitative estimate of drug-likeness (QED) is 0.434. The van der Waals surface area contributed by atoms with E-state index in [0.717, 1.165) is 34.6 Å². The second-order valence-electron chi connectivity index (χ2n) is 9.06. The lowest BCUT2D eigenvalue weighted by atomic mass is 9.74. The smallest absolute Gasteiger partial charge is 0.318 e. The molecule has 6 nitrogen and oxygen atoms in total. The highest BCUT2D eigenvalue weighted by molar-refractivity contribution is 7.85. The standard InChI is InChI=1S/C24H35NO5S2/c1-7-24(8-2,20-11-12-22(31-20)32(29)25-14-21(27)28)17-9-10-18(16(3)13-17)30-15-19(26)23(4,5)6/h9-13,19,25-26H,7-8,14-15H2,1-6H3,(H,27,28). The minimum Gasteiger partial charge on any atom is -0.491 e. The van der Waals surface area contributed by atoms with Gasteiger partial charge in [-0.3, -0.25) is 4.79 Å². The highest BCUT2D eigenvalue weighted by Gasteiger charge is 2.33. The fourth-order valence-electron chi connectivity index (χ4n) is 3.55. The zero-order valence-electron chi connectivity index (χ0n) is 19.7. The monoisotopic (exact) mass is 481 g/mol.